The Hall–Kier alpha value is -1.12. The van der Waals surface area contributed by atoms with E-state index in [0.717, 1.165) is 0 Å². The van der Waals surface area contributed by atoms with Crippen molar-refractivity contribution in [3.63, 3.8) is 0 Å². The molecule has 50 valence electrons. The van der Waals surface area contributed by atoms with Gasteiger partial charge in [0.2, 0.25) is 0 Å². The number of benzene rings is 1. The van der Waals surface area contributed by atoms with Crippen LogP contribution in [0.15, 0.2) is 18.2 Å². The number of ether oxygens (including phenoxy) is 1. The largest absolute Gasteiger partial charge is 0.495 e. The Bertz CT molecular complexity index is 237. The van der Waals surface area contributed by atoms with E-state index in [4.69, 9.17) is 18.3 Å². The van der Waals surface area contributed by atoms with Crippen LogP contribution in [0, 0.1) is 0 Å². The van der Waals surface area contributed by atoms with Gasteiger partial charge in [-0.3, -0.25) is 0 Å². The van der Waals surface area contributed by atoms with Gasteiger partial charge in [0.05, 0.1) is 12.8 Å². The lowest BCUT2D eigenvalue weighted by molar-refractivity contribution is 0.417. The zero-order valence-corrected chi connectivity index (χ0v) is 5.79. The molecule has 0 saturated heterocycles. The minimum absolute atomic E-state index is 0.608. The molecule has 1 aromatic carbocycles. The first kappa shape index (κ1) is 7.00. The molecule has 0 aromatic heterocycles. The number of hydrogen-bond donors (Lipinski definition) is 1. The molecule has 10 heavy (non-hydrogen) atoms. The molecule has 0 amide bonds. The van der Waals surface area contributed by atoms with E-state index in [1.807, 2.05) is 0 Å². The Morgan fingerprint density at radius 1 is 1.50 bits per heavy atom. The van der Waals surface area contributed by atoms with E-state index in [-0.39, 0.29) is 0 Å². The standard InChI is InChI=1S/C7H8BNO/c1-10-7-4-5(8)2-3-6(7)9/h2-4H,9H2,1H3. The van der Waals surface area contributed by atoms with Gasteiger partial charge in [0.15, 0.2) is 0 Å². The number of hydrogen-bond acceptors (Lipinski definition) is 2. The highest BCUT2D eigenvalue weighted by Crippen LogP contribution is 2.16. The fraction of sp³-hybridized carbons (Fsp3) is 0.143. The van der Waals surface area contributed by atoms with Crippen molar-refractivity contribution in [1.82, 2.24) is 0 Å². The van der Waals surface area contributed by atoms with Crippen molar-refractivity contribution in [3.8, 4) is 5.75 Å². The summed E-state index contributed by atoms with van der Waals surface area (Å²) in [4.78, 5) is 0. The summed E-state index contributed by atoms with van der Waals surface area (Å²) < 4.78 is 4.92. The molecule has 0 atom stereocenters. The molecule has 0 saturated carbocycles. The maximum atomic E-state index is 5.52. The molecule has 1 aromatic rings. The summed E-state index contributed by atoms with van der Waals surface area (Å²) in [5.41, 5.74) is 6.79. The highest BCUT2D eigenvalue weighted by Gasteiger charge is 1.95. The fourth-order valence-corrected chi connectivity index (χ4v) is 0.728. The van der Waals surface area contributed by atoms with Crippen LogP contribution in [-0.4, -0.2) is 15.0 Å². The average Bonchev–Trinajstić information content (AvgIpc) is 1.94. The van der Waals surface area contributed by atoms with E-state index in [1.54, 1.807) is 25.3 Å². The van der Waals surface area contributed by atoms with Crippen molar-refractivity contribution in [2.75, 3.05) is 12.8 Å². The summed E-state index contributed by atoms with van der Waals surface area (Å²) in [6, 6.07) is 5.14. The van der Waals surface area contributed by atoms with Gasteiger partial charge in [0, 0.05) is 0 Å². The Morgan fingerprint density at radius 3 is 2.70 bits per heavy atom. The van der Waals surface area contributed by atoms with E-state index in [1.165, 1.54) is 0 Å². The van der Waals surface area contributed by atoms with Crippen LogP contribution in [0.4, 0.5) is 5.69 Å². The Labute approximate surface area is 61.4 Å². The molecule has 2 N–H and O–H groups in total. The molecule has 0 bridgehead atoms. The summed E-state index contributed by atoms with van der Waals surface area (Å²) >= 11 is 0. The van der Waals surface area contributed by atoms with E-state index < -0.39 is 0 Å². The van der Waals surface area contributed by atoms with Crippen molar-refractivity contribution in [3.05, 3.63) is 18.2 Å². The Morgan fingerprint density at radius 2 is 2.20 bits per heavy atom. The quantitative estimate of drug-likeness (QED) is 0.434. The van der Waals surface area contributed by atoms with Crippen LogP contribution in [0.3, 0.4) is 0 Å². The lowest BCUT2D eigenvalue weighted by Gasteiger charge is -2.03. The monoisotopic (exact) mass is 133 g/mol. The minimum Gasteiger partial charge on any atom is -0.495 e. The average molecular weight is 133 g/mol. The third-order valence-corrected chi connectivity index (χ3v) is 1.26. The number of methoxy groups -OCH3 is 1. The van der Waals surface area contributed by atoms with Crippen LogP contribution < -0.4 is 15.9 Å². The van der Waals surface area contributed by atoms with Crippen molar-refractivity contribution in [1.29, 1.82) is 0 Å². The van der Waals surface area contributed by atoms with Gasteiger partial charge < -0.3 is 10.5 Å². The first-order chi connectivity index (χ1) is 4.74. The molecule has 0 aliphatic rings. The number of nitrogen functional groups attached to an aromatic ring is 1. The second-order valence-electron chi connectivity index (χ2n) is 2.00. The third-order valence-electron chi connectivity index (χ3n) is 1.26. The van der Waals surface area contributed by atoms with Gasteiger partial charge in [0.25, 0.3) is 0 Å². The molecule has 2 nitrogen and oxygen atoms in total. The highest BCUT2D eigenvalue weighted by molar-refractivity contribution is 6.32. The van der Waals surface area contributed by atoms with Crippen molar-refractivity contribution in [2.24, 2.45) is 0 Å². The number of nitrogens with two attached hydrogens (primary N) is 1. The minimum atomic E-state index is 0.608. The van der Waals surface area contributed by atoms with E-state index in [9.17, 15) is 0 Å². The Balaban J connectivity index is 3.09. The summed E-state index contributed by atoms with van der Waals surface area (Å²) in [5, 5.41) is 0. The first-order valence-electron chi connectivity index (χ1n) is 2.93. The van der Waals surface area contributed by atoms with Gasteiger partial charge in [0.1, 0.15) is 13.6 Å². The molecule has 2 radical (unpaired) electrons. The molecule has 0 heterocycles. The van der Waals surface area contributed by atoms with E-state index in [0.29, 0.717) is 16.9 Å². The van der Waals surface area contributed by atoms with Gasteiger partial charge in [-0.1, -0.05) is 11.5 Å². The van der Waals surface area contributed by atoms with Crippen LogP contribution in [0.1, 0.15) is 0 Å². The SMILES string of the molecule is [B]c1ccc(N)c(OC)c1. The molecular weight excluding hydrogens is 125 g/mol. The molecular formula is C7H8BNO. The first-order valence-corrected chi connectivity index (χ1v) is 2.93. The maximum absolute atomic E-state index is 5.52. The second-order valence-corrected chi connectivity index (χ2v) is 2.00. The smallest absolute Gasteiger partial charge is 0.141 e. The summed E-state index contributed by atoms with van der Waals surface area (Å²) in [7, 11) is 7.03. The third kappa shape index (κ3) is 1.24. The van der Waals surface area contributed by atoms with Gasteiger partial charge in [-0.05, 0) is 12.1 Å². The van der Waals surface area contributed by atoms with Gasteiger partial charge in [-0.25, -0.2) is 0 Å². The van der Waals surface area contributed by atoms with E-state index >= 15 is 0 Å². The van der Waals surface area contributed by atoms with Crippen LogP contribution in [0.5, 0.6) is 5.75 Å². The van der Waals surface area contributed by atoms with Crippen LogP contribution in [0.2, 0.25) is 0 Å². The predicted molar refractivity (Wildman–Crippen MR) is 42.8 cm³/mol. The lowest BCUT2D eigenvalue weighted by atomic mass is 9.96. The normalized spacial score (nSPS) is 9.30. The van der Waals surface area contributed by atoms with Crippen LogP contribution >= 0.6 is 0 Å². The lowest BCUT2D eigenvalue weighted by Crippen LogP contribution is -2.03. The molecule has 0 aliphatic carbocycles. The van der Waals surface area contributed by atoms with Crippen molar-refractivity contribution in [2.45, 2.75) is 0 Å². The highest BCUT2D eigenvalue weighted by atomic mass is 16.5. The number of anilines is 1. The zero-order chi connectivity index (χ0) is 7.56. The second kappa shape index (κ2) is 2.65. The summed E-state index contributed by atoms with van der Waals surface area (Å²) in [6.07, 6.45) is 0. The maximum Gasteiger partial charge on any atom is 0.141 e. The van der Waals surface area contributed by atoms with Crippen molar-refractivity contribution >= 4 is 19.0 Å². The Kier molecular flexibility index (Phi) is 1.85. The summed E-state index contributed by atoms with van der Waals surface area (Å²) in [6.45, 7) is 0. The van der Waals surface area contributed by atoms with Gasteiger partial charge >= 0.3 is 0 Å². The van der Waals surface area contributed by atoms with Crippen molar-refractivity contribution < 1.29 is 4.74 Å². The summed E-state index contributed by atoms with van der Waals surface area (Å²) in [5.74, 6) is 0.625. The van der Waals surface area contributed by atoms with E-state index in [2.05, 4.69) is 0 Å². The molecule has 0 spiro atoms. The van der Waals surface area contributed by atoms with Gasteiger partial charge in [-0.2, -0.15) is 0 Å². The van der Waals surface area contributed by atoms with Crippen LogP contribution in [-0.2, 0) is 0 Å². The molecule has 0 aliphatic heterocycles. The zero-order valence-electron chi connectivity index (χ0n) is 5.79. The molecule has 3 heteroatoms. The number of rotatable bonds is 1. The topological polar surface area (TPSA) is 35.2 Å². The van der Waals surface area contributed by atoms with Gasteiger partial charge in [-0.15, -0.1) is 0 Å². The molecule has 0 fully saturated rings. The molecule has 0 unspecified atom stereocenters. The molecule has 1 rings (SSSR count). The predicted octanol–water partition coefficient (Wildman–Crippen LogP) is 0.0712. The van der Waals surface area contributed by atoms with Crippen LogP contribution in [0.25, 0.3) is 0 Å². The fourth-order valence-electron chi connectivity index (χ4n) is 0.728.